The zero-order valence-corrected chi connectivity index (χ0v) is 14.8. The van der Waals surface area contributed by atoms with Gasteiger partial charge in [0.25, 0.3) is 5.91 Å². The van der Waals surface area contributed by atoms with Gasteiger partial charge >= 0.3 is 0 Å². The molecule has 1 fully saturated rings. The second-order valence-electron chi connectivity index (χ2n) is 6.62. The van der Waals surface area contributed by atoms with Crippen LogP contribution in [0.4, 0.5) is 0 Å². The molecule has 2 aromatic rings. The largest absolute Gasteiger partial charge is 0.507 e. The zero-order chi connectivity index (χ0) is 19.2. The number of phenolic OH excluding ortho intramolecular Hbond substituents is 1. The summed E-state index contributed by atoms with van der Waals surface area (Å²) in [6.45, 7) is 1.60. The molecule has 6 heteroatoms. The van der Waals surface area contributed by atoms with E-state index < -0.39 is 0 Å². The summed E-state index contributed by atoms with van der Waals surface area (Å²) in [6.07, 6.45) is 3.11. The number of phenols is 1. The van der Waals surface area contributed by atoms with Gasteiger partial charge < -0.3 is 14.7 Å². The van der Waals surface area contributed by atoms with Crippen molar-refractivity contribution < 1.29 is 24.2 Å². The number of benzene rings is 2. The number of rotatable bonds is 6. The molecule has 1 saturated heterocycles. The second kappa shape index (κ2) is 8.49. The third-order valence-corrected chi connectivity index (χ3v) is 4.74. The predicted molar refractivity (Wildman–Crippen MR) is 99.4 cm³/mol. The van der Waals surface area contributed by atoms with Crippen LogP contribution in [0.1, 0.15) is 43.9 Å². The molecule has 0 unspecified atom stereocenters. The van der Waals surface area contributed by atoms with Gasteiger partial charge in [-0.25, -0.2) is 0 Å². The summed E-state index contributed by atoms with van der Waals surface area (Å²) >= 11 is 0. The maximum atomic E-state index is 12.7. The normalized spacial score (nSPS) is 16.6. The van der Waals surface area contributed by atoms with E-state index in [0.29, 0.717) is 42.9 Å². The minimum Gasteiger partial charge on any atom is -0.507 e. The average molecular weight is 367 g/mol. The highest BCUT2D eigenvalue weighted by molar-refractivity contribution is 5.95. The Kier molecular flexibility index (Phi) is 5.86. The summed E-state index contributed by atoms with van der Waals surface area (Å²) in [4.78, 5) is 36.3. The highest BCUT2D eigenvalue weighted by Gasteiger charge is 2.25. The molecular weight excluding hydrogens is 346 g/mol. The molecule has 0 aliphatic carbocycles. The van der Waals surface area contributed by atoms with Crippen LogP contribution in [0.25, 0.3) is 0 Å². The number of carbonyl (C=O) groups is 3. The Balaban J connectivity index is 1.62. The summed E-state index contributed by atoms with van der Waals surface area (Å²) in [5, 5.41) is 9.72. The van der Waals surface area contributed by atoms with E-state index in [9.17, 15) is 19.5 Å². The molecular formula is C21H21NO5. The number of hydrogen-bond acceptors (Lipinski definition) is 5. The van der Waals surface area contributed by atoms with Crippen LogP contribution in [0.3, 0.4) is 0 Å². The Morgan fingerprint density at radius 3 is 2.63 bits per heavy atom. The number of carbonyl (C=O) groups excluding carboxylic acids is 3. The van der Waals surface area contributed by atoms with Crippen LogP contribution in [0.15, 0.2) is 42.5 Å². The number of ether oxygens (including phenoxy) is 1. The van der Waals surface area contributed by atoms with E-state index in [1.54, 1.807) is 41.3 Å². The molecule has 1 atom stereocenters. The Labute approximate surface area is 157 Å². The topological polar surface area (TPSA) is 83.9 Å². The van der Waals surface area contributed by atoms with Crippen molar-refractivity contribution in [1.29, 1.82) is 0 Å². The lowest BCUT2D eigenvalue weighted by Gasteiger charge is -2.32. The van der Waals surface area contributed by atoms with E-state index in [2.05, 4.69) is 0 Å². The maximum absolute atomic E-state index is 12.7. The van der Waals surface area contributed by atoms with E-state index in [4.69, 9.17) is 4.74 Å². The maximum Gasteiger partial charge on any atom is 0.253 e. The number of amides is 1. The summed E-state index contributed by atoms with van der Waals surface area (Å²) in [5.74, 6) is 0.307. The fourth-order valence-electron chi connectivity index (χ4n) is 3.26. The summed E-state index contributed by atoms with van der Waals surface area (Å²) in [5.41, 5.74) is 1.23. The van der Waals surface area contributed by atoms with Gasteiger partial charge in [-0.05, 0) is 37.1 Å². The standard InChI is InChI=1S/C21H21NO5/c23-12-15-6-8-17(9-7-15)21(26)22-10-2-3-16(11-22)14-27-20-5-1-4-19(25)18(20)13-24/h1,4-9,12-13,16,25H,2-3,10-11,14H2/t16-/m0/s1. The molecule has 0 radical (unpaired) electrons. The fourth-order valence-corrected chi connectivity index (χ4v) is 3.26. The summed E-state index contributed by atoms with van der Waals surface area (Å²) in [6, 6.07) is 11.3. The number of aromatic hydroxyl groups is 1. The lowest BCUT2D eigenvalue weighted by atomic mass is 9.98. The minimum atomic E-state index is -0.110. The quantitative estimate of drug-likeness (QED) is 0.794. The number of nitrogens with zero attached hydrogens (tertiary/aromatic N) is 1. The van der Waals surface area contributed by atoms with Crippen molar-refractivity contribution in [2.24, 2.45) is 5.92 Å². The van der Waals surface area contributed by atoms with Crippen LogP contribution < -0.4 is 4.74 Å². The molecule has 2 aromatic carbocycles. The first kappa shape index (κ1) is 18.6. The number of hydrogen-bond donors (Lipinski definition) is 1. The Morgan fingerprint density at radius 2 is 1.93 bits per heavy atom. The smallest absolute Gasteiger partial charge is 0.253 e. The van der Waals surface area contributed by atoms with Gasteiger partial charge in [0.1, 0.15) is 17.8 Å². The minimum absolute atomic E-state index is 0.0666. The van der Waals surface area contributed by atoms with Crippen molar-refractivity contribution in [2.75, 3.05) is 19.7 Å². The number of aldehydes is 2. The van der Waals surface area contributed by atoms with Gasteiger partial charge in [-0.1, -0.05) is 18.2 Å². The molecule has 27 heavy (non-hydrogen) atoms. The zero-order valence-electron chi connectivity index (χ0n) is 14.8. The molecule has 0 aromatic heterocycles. The van der Waals surface area contributed by atoms with E-state index in [1.807, 2.05) is 0 Å². The van der Waals surface area contributed by atoms with Crippen LogP contribution in [0, 0.1) is 5.92 Å². The number of piperidine rings is 1. The number of likely N-dealkylation sites (tertiary alicyclic amines) is 1. The lowest BCUT2D eigenvalue weighted by molar-refractivity contribution is 0.0633. The van der Waals surface area contributed by atoms with Gasteiger partial charge in [0, 0.05) is 30.1 Å². The van der Waals surface area contributed by atoms with Crippen molar-refractivity contribution in [3.05, 3.63) is 59.2 Å². The molecule has 1 aliphatic heterocycles. The molecule has 1 heterocycles. The highest BCUT2D eigenvalue weighted by Crippen LogP contribution is 2.27. The van der Waals surface area contributed by atoms with E-state index in [-0.39, 0.29) is 23.1 Å². The average Bonchev–Trinajstić information content (AvgIpc) is 2.72. The van der Waals surface area contributed by atoms with Crippen molar-refractivity contribution in [1.82, 2.24) is 4.90 Å². The third kappa shape index (κ3) is 4.34. The SMILES string of the molecule is O=Cc1ccc(C(=O)N2CCC[C@H](COc3cccc(O)c3C=O)C2)cc1. The first-order valence-corrected chi connectivity index (χ1v) is 8.87. The molecule has 1 aliphatic rings. The Morgan fingerprint density at radius 1 is 1.15 bits per heavy atom. The van der Waals surface area contributed by atoms with Crippen molar-refractivity contribution in [3.8, 4) is 11.5 Å². The molecule has 1 N–H and O–H groups in total. The van der Waals surface area contributed by atoms with Crippen molar-refractivity contribution in [3.63, 3.8) is 0 Å². The Bertz CT molecular complexity index is 831. The molecule has 3 rings (SSSR count). The van der Waals surface area contributed by atoms with E-state index in [1.165, 1.54) is 6.07 Å². The monoisotopic (exact) mass is 367 g/mol. The van der Waals surface area contributed by atoms with Gasteiger partial charge in [0.15, 0.2) is 6.29 Å². The first-order valence-electron chi connectivity index (χ1n) is 8.87. The fraction of sp³-hybridized carbons (Fsp3) is 0.286. The van der Waals surface area contributed by atoms with Crippen LogP contribution in [-0.2, 0) is 0 Å². The molecule has 0 saturated carbocycles. The molecule has 6 nitrogen and oxygen atoms in total. The van der Waals surface area contributed by atoms with Gasteiger partial charge in [0.05, 0.1) is 12.2 Å². The van der Waals surface area contributed by atoms with E-state index >= 15 is 0 Å². The molecule has 0 spiro atoms. The van der Waals surface area contributed by atoms with Crippen molar-refractivity contribution in [2.45, 2.75) is 12.8 Å². The molecule has 140 valence electrons. The summed E-state index contributed by atoms with van der Waals surface area (Å²) < 4.78 is 5.74. The van der Waals surface area contributed by atoms with Crippen LogP contribution in [0.5, 0.6) is 11.5 Å². The van der Waals surface area contributed by atoms with Gasteiger partial charge in [-0.3, -0.25) is 14.4 Å². The predicted octanol–water partition coefficient (Wildman–Crippen LogP) is 2.95. The third-order valence-electron chi connectivity index (χ3n) is 4.74. The van der Waals surface area contributed by atoms with Gasteiger partial charge in [-0.2, -0.15) is 0 Å². The van der Waals surface area contributed by atoms with E-state index in [0.717, 1.165) is 19.1 Å². The van der Waals surface area contributed by atoms with Crippen molar-refractivity contribution >= 4 is 18.5 Å². The first-order chi connectivity index (χ1) is 13.1. The lowest BCUT2D eigenvalue weighted by Crippen LogP contribution is -2.41. The van der Waals surface area contributed by atoms with Crippen LogP contribution in [0.2, 0.25) is 0 Å². The molecule has 1 amide bonds. The Hall–Kier alpha value is -3.15. The molecule has 0 bridgehead atoms. The van der Waals surface area contributed by atoms with Crippen LogP contribution >= 0.6 is 0 Å². The van der Waals surface area contributed by atoms with Crippen LogP contribution in [-0.4, -0.2) is 48.2 Å². The summed E-state index contributed by atoms with van der Waals surface area (Å²) in [7, 11) is 0. The second-order valence-corrected chi connectivity index (χ2v) is 6.62. The van der Waals surface area contributed by atoms with Gasteiger partial charge in [-0.15, -0.1) is 0 Å². The highest BCUT2D eigenvalue weighted by atomic mass is 16.5. The van der Waals surface area contributed by atoms with Gasteiger partial charge in [0.2, 0.25) is 0 Å².